The molecule has 20 heavy (non-hydrogen) atoms. The van der Waals surface area contributed by atoms with Gasteiger partial charge in [0.2, 0.25) is 5.91 Å². The fourth-order valence-electron chi connectivity index (χ4n) is 2.00. The Morgan fingerprint density at radius 1 is 1.25 bits per heavy atom. The molecule has 0 radical (unpaired) electrons. The van der Waals surface area contributed by atoms with Gasteiger partial charge >= 0.3 is 0 Å². The highest BCUT2D eigenvalue weighted by Crippen LogP contribution is 2.28. The first kappa shape index (κ1) is 14.1. The van der Waals surface area contributed by atoms with Crippen LogP contribution in [0.5, 0.6) is 5.75 Å². The predicted octanol–water partition coefficient (Wildman–Crippen LogP) is 1.96. The SMILES string of the molecule is Cc1cc(-c2cnn(CC(=O)N(C)C)c2)cc(C)c1O. The molecule has 5 nitrogen and oxygen atoms in total. The summed E-state index contributed by atoms with van der Waals surface area (Å²) in [5, 5.41) is 14.0. The number of phenols is 1. The average molecular weight is 273 g/mol. The number of phenolic OH excluding ortho intramolecular Hbond substituents is 1. The molecule has 0 bridgehead atoms. The van der Waals surface area contributed by atoms with Crippen molar-refractivity contribution in [3.05, 3.63) is 35.7 Å². The zero-order valence-corrected chi connectivity index (χ0v) is 12.2. The number of aromatic nitrogens is 2. The lowest BCUT2D eigenvalue weighted by Crippen LogP contribution is -2.26. The van der Waals surface area contributed by atoms with Gasteiger partial charge in [0.1, 0.15) is 12.3 Å². The molecular weight excluding hydrogens is 254 g/mol. The van der Waals surface area contributed by atoms with Crippen molar-refractivity contribution < 1.29 is 9.90 Å². The van der Waals surface area contributed by atoms with Crippen LogP contribution in [-0.4, -0.2) is 39.8 Å². The normalized spacial score (nSPS) is 10.6. The Kier molecular flexibility index (Phi) is 3.79. The van der Waals surface area contributed by atoms with Crippen molar-refractivity contribution in [1.82, 2.24) is 14.7 Å². The molecule has 1 aromatic heterocycles. The van der Waals surface area contributed by atoms with E-state index in [2.05, 4.69) is 5.10 Å². The van der Waals surface area contributed by atoms with Gasteiger partial charge in [-0.25, -0.2) is 0 Å². The van der Waals surface area contributed by atoms with Gasteiger partial charge in [0.05, 0.1) is 6.20 Å². The minimum absolute atomic E-state index is 0.00211. The lowest BCUT2D eigenvalue weighted by atomic mass is 10.0. The van der Waals surface area contributed by atoms with E-state index in [9.17, 15) is 9.90 Å². The summed E-state index contributed by atoms with van der Waals surface area (Å²) in [7, 11) is 3.44. The van der Waals surface area contributed by atoms with Crippen molar-refractivity contribution in [2.75, 3.05) is 14.1 Å². The van der Waals surface area contributed by atoms with Crippen molar-refractivity contribution in [3.63, 3.8) is 0 Å². The molecule has 0 aliphatic heterocycles. The predicted molar refractivity (Wildman–Crippen MR) is 77.5 cm³/mol. The number of benzene rings is 1. The van der Waals surface area contributed by atoms with Gasteiger partial charge in [0, 0.05) is 25.9 Å². The number of aryl methyl sites for hydroxylation is 2. The number of aromatic hydroxyl groups is 1. The molecule has 1 N–H and O–H groups in total. The van der Waals surface area contributed by atoms with Gasteiger partial charge in [-0.1, -0.05) is 0 Å². The Hall–Kier alpha value is -2.30. The molecule has 0 atom stereocenters. The van der Waals surface area contributed by atoms with Crippen LogP contribution in [0.25, 0.3) is 11.1 Å². The summed E-state index contributed by atoms with van der Waals surface area (Å²) in [5.41, 5.74) is 3.58. The summed E-state index contributed by atoms with van der Waals surface area (Å²) < 4.78 is 1.62. The highest BCUT2D eigenvalue weighted by Gasteiger charge is 2.09. The summed E-state index contributed by atoms with van der Waals surface area (Å²) in [4.78, 5) is 13.2. The summed E-state index contributed by atoms with van der Waals surface area (Å²) in [6, 6.07) is 3.83. The highest BCUT2D eigenvalue weighted by atomic mass is 16.3. The molecule has 5 heteroatoms. The van der Waals surface area contributed by atoms with Crippen molar-refractivity contribution >= 4 is 5.91 Å². The number of carbonyl (C=O) groups excluding carboxylic acids is 1. The molecule has 0 fully saturated rings. The van der Waals surface area contributed by atoms with E-state index in [0.717, 1.165) is 22.3 Å². The molecule has 0 aliphatic rings. The van der Waals surface area contributed by atoms with E-state index in [-0.39, 0.29) is 12.5 Å². The van der Waals surface area contributed by atoms with E-state index in [0.29, 0.717) is 5.75 Å². The first-order valence-corrected chi connectivity index (χ1v) is 6.41. The fourth-order valence-corrected chi connectivity index (χ4v) is 2.00. The van der Waals surface area contributed by atoms with Gasteiger partial charge in [-0.15, -0.1) is 0 Å². The van der Waals surface area contributed by atoms with Gasteiger partial charge in [0.25, 0.3) is 0 Å². The molecule has 0 unspecified atom stereocenters. The van der Waals surface area contributed by atoms with Crippen molar-refractivity contribution in [3.8, 4) is 16.9 Å². The molecule has 1 aromatic carbocycles. The number of rotatable bonds is 3. The van der Waals surface area contributed by atoms with Gasteiger partial charge in [-0.3, -0.25) is 9.48 Å². The van der Waals surface area contributed by atoms with Crippen LogP contribution in [0.15, 0.2) is 24.5 Å². The second kappa shape index (κ2) is 5.36. The standard InChI is InChI=1S/C15H19N3O2/c1-10-5-12(6-11(2)15(10)20)13-7-16-18(8-13)9-14(19)17(3)4/h5-8,20H,9H2,1-4H3. The summed E-state index contributed by atoms with van der Waals surface area (Å²) >= 11 is 0. The van der Waals surface area contributed by atoms with Crippen LogP contribution < -0.4 is 0 Å². The molecular formula is C15H19N3O2. The van der Waals surface area contributed by atoms with Crippen LogP contribution in [0.3, 0.4) is 0 Å². The second-order valence-corrected chi connectivity index (χ2v) is 5.17. The molecule has 0 aliphatic carbocycles. The average Bonchev–Trinajstić information content (AvgIpc) is 2.83. The topological polar surface area (TPSA) is 58.4 Å². The fraction of sp³-hybridized carbons (Fsp3) is 0.333. The van der Waals surface area contributed by atoms with Gasteiger partial charge in [-0.05, 0) is 42.7 Å². The Morgan fingerprint density at radius 3 is 2.40 bits per heavy atom. The second-order valence-electron chi connectivity index (χ2n) is 5.17. The Labute approximate surface area is 118 Å². The van der Waals surface area contributed by atoms with Crippen molar-refractivity contribution in [1.29, 1.82) is 0 Å². The maximum atomic E-state index is 11.6. The lowest BCUT2D eigenvalue weighted by molar-refractivity contribution is -0.129. The zero-order chi connectivity index (χ0) is 14.9. The zero-order valence-electron chi connectivity index (χ0n) is 12.2. The van der Waals surface area contributed by atoms with Crippen LogP contribution in [-0.2, 0) is 11.3 Å². The third-order valence-electron chi connectivity index (χ3n) is 3.25. The largest absolute Gasteiger partial charge is 0.507 e. The number of carbonyl (C=O) groups is 1. The van der Waals surface area contributed by atoms with E-state index < -0.39 is 0 Å². The molecule has 1 heterocycles. The van der Waals surface area contributed by atoms with Crippen LogP contribution in [0.2, 0.25) is 0 Å². The van der Waals surface area contributed by atoms with Gasteiger partial charge in [0.15, 0.2) is 0 Å². The first-order valence-electron chi connectivity index (χ1n) is 6.41. The third-order valence-corrected chi connectivity index (χ3v) is 3.25. The van der Waals surface area contributed by atoms with Crippen molar-refractivity contribution in [2.24, 2.45) is 0 Å². The van der Waals surface area contributed by atoms with E-state index >= 15 is 0 Å². The van der Waals surface area contributed by atoms with Crippen molar-refractivity contribution in [2.45, 2.75) is 20.4 Å². The smallest absolute Gasteiger partial charge is 0.243 e. The van der Waals surface area contributed by atoms with Gasteiger partial charge in [-0.2, -0.15) is 5.10 Å². The number of likely N-dealkylation sites (N-methyl/N-ethyl adjacent to an activating group) is 1. The van der Waals surface area contributed by atoms with E-state index in [4.69, 9.17) is 0 Å². The molecule has 1 amide bonds. The Balaban J connectivity index is 2.27. The van der Waals surface area contributed by atoms with Crippen LogP contribution >= 0.6 is 0 Å². The van der Waals surface area contributed by atoms with E-state index in [1.807, 2.05) is 32.2 Å². The molecule has 2 rings (SSSR count). The molecule has 0 spiro atoms. The minimum atomic E-state index is -0.00211. The summed E-state index contributed by atoms with van der Waals surface area (Å²) in [5.74, 6) is 0.321. The maximum Gasteiger partial charge on any atom is 0.243 e. The molecule has 106 valence electrons. The minimum Gasteiger partial charge on any atom is -0.507 e. The highest BCUT2D eigenvalue weighted by molar-refractivity contribution is 5.75. The number of amides is 1. The molecule has 0 saturated heterocycles. The summed E-state index contributed by atoms with van der Waals surface area (Å²) in [6.45, 7) is 3.96. The number of hydrogen-bond donors (Lipinski definition) is 1. The quantitative estimate of drug-likeness (QED) is 0.930. The Bertz CT molecular complexity index is 621. The van der Waals surface area contributed by atoms with Gasteiger partial charge < -0.3 is 10.0 Å². The van der Waals surface area contributed by atoms with Crippen LogP contribution in [0, 0.1) is 13.8 Å². The first-order chi connectivity index (χ1) is 9.38. The van der Waals surface area contributed by atoms with Crippen LogP contribution in [0.4, 0.5) is 0 Å². The maximum absolute atomic E-state index is 11.6. The lowest BCUT2D eigenvalue weighted by Gasteiger charge is -2.09. The molecule has 0 saturated carbocycles. The Morgan fingerprint density at radius 2 is 1.85 bits per heavy atom. The third kappa shape index (κ3) is 2.82. The van der Waals surface area contributed by atoms with Crippen LogP contribution in [0.1, 0.15) is 11.1 Å². The number of nitrogens with zero attached hydrogens (tertiary/aromatic N) is 3. The number of hydrogen-bond acceptors (Lipinski definition) is 3. The van der Waals surface area contributed by atoms with E-state index in [1.165, 1.54) is 4.90 Å². The molecule has 2 aromatic rings. The summed E-state index contributed by atoms with van der Waals surface area (Å²) in [6.07, 6.45) is 3.57. The van der Waals surface area contributed by atoms with E-state index in [1.54, 1.807) is 25.0 Å². The monoisotopic (exact) mass is 273 g/mol.